The molecule has 1 aromatic carbocycles. The van der Waals surface area contributed by atoms with Crippen LogP contribution in [0.25, 0.3) is 0 Å². The molecule has 0 unspecified atom stereocenters. The lowest BCUT2D eigenvalue weighted by Crippen LogP contribution is -2.12. The van der Waals surface area contributed by atoms with Crippen LogP contribution < -0.4 is 5.32 Å². The summed E-state index contributed by atoms with van der Waals surface area (Å²) in [6.45, 7) is 4.49. The molecule has 1 amide bonds. The Morgan fingerprint density at radius 3 is 2.76 bits per heavy atom. The van der Waals surface area contributed by atoms with Crippen LogP contribution in [0, 0.1) is 6.92 Å². The van der Waals surface area contributed by atoms with Gasteiger partial charge in [0.2, 0.25) is 0 Å². The van der Waals surface area contributed by atoms with Gasteiger partial charge in [-0.15, -0.1) is 0 Å². The van der Waals surface area contributed by atoms with Crippen molar-refractivity contribution in [3.05, 3.63) is 47.3 Å². The van der Waals surface area contributed by atoms with E-state index in [1.807, 2.05) is 6.92 Å². The van der Waals surface area contributed by atoms with Crippen LogP contribution in [0.1, 0.15) is 39.6 Å². The standard InChI is InChI=1S/C15H17N3O3/c1-3-6-18-9-11(8-16-18)14(19)17-12-4-5-13(15(20)21)10(2)7-12/h4-5,7-9H,3,6H2,1-2H3,(H,17,19)(H,20,21). The molecular weight excluding hydrogens is 270 g/mol. The number of aryl methyl sites for hydroxylation is 2. The molecule has 6 nitrogen and oxygen atoms in total. The summed E-state index contributed by atoms with van der Waals surface area (Å²) in [7, 11) is 0. The van der Waals surface area contributed by atoms with Gasteiger partial charge in [0, 0.05) is 18.4 Å². The normalized spacial score (nSPS) is 10.4. The van der Waals surface area contributed by atoms with E-state index in [4.69, 9.17) is 5.11 Å². The summed E-state index contributed by atoms with van der Waals surface area (Å²) in [4.78, 5) is 23.0. The molecule has 21 heavy (non-hydrogen) atoms. The van der Waals surface area contributed by atoms with E-state index in [-0.39, 0.29) is 11.5 Å². The number of carboxylic acid groups (broad SMARTS) is 1. The SMILES string of the molecule is CCCn1cc(C(=O)Nc2ccc(C(=O)O)c(C)c2)cn1. The van der Waals surface area contributed by atoms with Crippen molar-refractivity contribution in [1.82, 2.24) is 9.78 Å². The third-order valence-electron chi connectivity index (χ3n) is 3.06. The minimum absolute atomic E-state index is 0.226. The summed E-state index contributed by atoms with van der Waals surface area (Å²) in [5.74, 6) is -1.24. The van der Waals surface area contributed by atoms with Crippen LogP contribution in [0.3, 0.4) is 0 Å². The van der Waals surface area contributed by atoms with Crippen molar-refractivity contribution in [2.24, 2.45) is 0 Å². The van der Waals surface area contributed by atoms with Crippen LogP contribution >= 0.6 is 0 Å². The van der Waals surface area contributed by atoms with E-state index in [2.05, 4.69) is 10.4 Å². The number of carboxylic acids is 1. The summed E-state index contributed by atoms with van der Waals surface area (Å²) in [5.41, 5.74) is 1.86. The van der Waals surface area contributed by atoms with E-state index in [1.165, 1.54) is 12.3 Å². The Balaban J connectivity index is 2.11. The number of nitrogens with one attached hydrogen (secondary N) is 1. The second kappa shape index (κ2) is 6.21. The Kier molecular flexibility index (Phi) is 4.37. The quantitative estimate of drug-likeness (QED) is 0.885. The highest BCUT2D eigenvalue weighted by Crippen LogP contribution is 2.16. The van der Waals surface area contributed by atoms with E-state index in [1.54, 1.807) is 29.9 Å². The minimum Gasteiger partial charge on any atom is -0.478 e. The summed E-state index contributed by atoms with van der Waals surface area (Å²) >= 11 is 0. The fraction of sp³-hybridized carbons (Fsp3) is 0.267. The van der Waals surface area contributed by atoms with Crippen LogP contribution in [0.2, 0.25) is 0 Å². The van der Waals surface area contributed by atoms with E-state index in [9.17, 15) is 9.59 Å². The van der Waals surface area contributed by atoms with Gasteiger partial charge in [0.05, 0.1) is 17.3 Å². The lowest BCUT2D eigenvalue weighted by atomic mass is 10.1. The molecule has 0 aliphatic heterocycles. The molecule has 0 bridgehead atoms. The molecule has 6 heteroatoms. The third-order valence-corrected chi connectivity index (χ3v) is 3.06. The summed E-state index contributed by atoms with van der Waals surface area (Å²) in [6.07, 6.45) is 4.15. The van der Waals surface area contributed by atoms with Crippen molar-refractivity contribution in [2.75, 3.05) is 5.32 Å². The fourth-order valence-electron chi connectivity index (χ4n) is 2.02. The minimum atomic E-state index is -0.980. The molecule has 0 atom stereocenters. The number of carbonyl (C=O) groups is 2. The molecule has 2 N–H and O–H groups in total. The van der Waals surface area contributed by atoms with Gasteiger partial charge in [-0.25, -0.2) is 4.79 Å². The van der Waals surface area contributed by atoms with Gasteiger partial charge < -0.3 is 10.4 Å². The molecule has 0 saturated heterocycles. The zero-order valence-electron chi connectivity index (χ0n) is 12.0. The van der Waals surface area contributed by atoms with Gasteiger partial charge in [0.1, 0.15) is 0 Å². The molecule has 110 valence electrons. The monoisotopic (exact) mass is 287 g/mol. The smallest absolute Gasteiger partial charge is 0.335 e. The molecule has 1 aromatic heterocycles. The van der Waals surface area contributed by atoms with Crippen molar-refractivity contribution in [3.8, 4) is 0 Å². The number of rotatable bonds is 5. The number of nitrogens with zero attached hydrogens (tertiary/aromatic N) is 2. The zero-order valence-corrected chi connectivity index (χ0v) is 12.0. The first-order chi connectivity index (χ1) is 10.0. The van der Waals surface area contributed by atoms with Gasteiger partial charge in [-0.2, -0.15) is 5.10 Å². The number of anilines is 1. The number of aromatic carboxylic acids is 1. The zero-order chi connectivity index (χ0) is 15.4. The number of hydrogen-bond donors (Lipinski definition) is 2. The Hall–Kier alpha value is -2.63. The first kappa shape index (κ1) is 14.8. The van der Waals surface area contributed by atoms with Gasteiger partial charge in [-0.05, 0) is 37.1 Å². The summed E-state index contributed by atoms with van der Waals surface area (Å²) < 4.78 is 1.72. The predicted molar refractivity (Wildman–Crippen MR) is 78.6 cm³/mol. The van der Waals surface area contributed by atoms with Gasteiger partial charge in [0.15, 0.2) is 0 Å². The van der Waals surface area contributed by atoms with E-state index < -0.39 is 5.97 Å². The third kappa shape index (κ3) is 3.47. The molecule has 2 rings (SSSR count). The average Bonchev–Trinajstić information content (AvgIpc) is 2.87. The van der Waals surface area contributed by atoms with Gasteiger partial charge in [-0.3, -0.25) is 9.48 Å². The fourth-order valence-corrected chi connectivity index (χ4v) is 2.02. The first-order valence-electron chi connectivity index (χ1n) is 6.69. The average molecular weight is 287 g/mol. The number of amides is 1. The van der Waals surface area contributed by atoms with Crippen molar-refractivity contribution in [2.45, 2.75) is 26.8 Å². The van der Waals surface area contributed by atoms with Crippen molar-refractivity contribution in [3.63, 3.8) is 0 Å². The lowest BCUT2D eigenvalue weighted by Gasteiger charge is -2.06. The maximum Gasteiger partial charge on any atom is 0.335 e. The van der Waals surface area contributed by atoms with Crippen molar-refractivity contribution >= 4 is 17.6 Å². The number of benzene rings is 1. The maximum atomic E-state index is 12.1. The van der Waals surface area contributed by atoms with Crippen LogP contribution in [0.4, 0.5) is 5.69 Å². The largest absolute Gasteiger partial charge is 0.478 e. The second-order valence-electron chi connectivity index (χ2n) is 4.78. The predicted octanol–water partition coefficient (Wildman–Crippen LogP) is 2.55. The molecule has 2 aromatic rings. The molecule has 0 aliphatic carbocycles. The number of carbonyl (C=O) groups excluding carboxylic acids is 1. The molecule has 0 fully saturated rings. The van der Waals surface area contributed by atoms with Crippen molar-refractivity contribution < 1.29 is 14.7 Å². The highest BCUT2D eigenvalue weighted by Gasteiger charge is 2.11. The van der Waals surface area contributed by atoms with E-state index in [0.29, 0.717) is 16.8 Å². The molecule has 0 radical (unpaired) electrons. The van der Waals surface area contributed by atoms with Crippen molar-refractivity contribution in [1.29, 1.82) is 0 Å². The van der Waals surface area contributed by atoms with E-state index >= 15 is 0 Å². The Bertz CT molecular complexity index is 677. The van der Waals surface area contributed by atoms with Crippen LogP contribution in [0.15, 0.2) is 30.6 Å². The molecular formula is C15H17N3O3. The number of aromatic nitrogens is 2. The highest BCUT2D eigenvalue weighted by atomic mass is 16.4. The molecule has 0 aliphatic rings. The van der Waals surface area contributed by atoms with Crippen LogP contribution in [0.5, 0.6) is 0 Å². The van der Waals surface area contributed by atoms with Gasteiger partial charge in [-0.1, -0.05) is 6.92 Å². The van der Waals surface area contributed by atoms with Crippen LogP contribution in [-0.4, -0.2) is 26.8 Å². The summed E-state index contributed by atoms with van der Waals surface area (Å²) in [6, 6.07) is 4.69. The Morgan fingerprint density at radius 2 is 2.14 bits per heavy atom. The highest BCUT2D eigenvalue weighted by molar-refractivity contribution is 6.04. The molecule has 0 spiro atoms. The second-order valence-corrected chi connectivity index (χ2v) is 4.78. The Morgan fingerprint density at radius 1 is 1.38 bits per heavy atom. The maximum absolute atomic E-state index is 12.1. The number of hydrogen-bond acceptors (Lipinski definition) is 3. The lowest BCUT2D eigenvalue weighted by molar-refractivity contribution is 0.0696. The van der Waals surface area contributed by atoms with Gasteiger partial charge in [0.25, 0.3) is 5.91 Å². The topological polar surface area (TPSA) is 84.2 Å². The molecule has 1 heterocycles. The van der Waals surface area contributed by atoms with E-state index in [0.717, 1.165) is 13.0 Å². The Labute approximate surface area is 122 Å². The van der Waals surface area contributed by atoms with Gasteiger partial charge >= 0.3 is 5.97 Å². The summed E-state index contributed by atoms with van der Waals surface area (Å²) in [5, 5.41) is 15.8. The molecule has 0 saturated carbocycles. The van der Waals surface area contributed by atoms with Crippen LogP contribution in [-0.2, 0) is 6.54 Å². The first-order valence-corrected chi connectivity index (χ1v) is 6.69.